The maximum absolute atomic E-state index is 10.2. The highest BCUT2D eigenvalue weighted by molar-refractivity contribution is 5.84. The summed E-state index contributed by atoms with van der Waals surface area (Å²) in [5, 5.41) is 12.4. The highest BCUT2D eigenvalue weighted by atomic mass is 16.5. The molecule has 0 spiro atoms. The van der Waals surface area contributed by atoms with Crippen molar-refractivity contribution < 1.29 is 14.6 Å². The molecule has 3 heteroatoms. The Morgan fingerprint density at radius 2 is 1.88 bits per heavy atom. The van der Waals surface area contributed by atoms with Gasteiger partial charge in [0.2, 0.25) is 0 Å². The van der Waals surface area contributed by atoms with Gasteiger partial charge in [-0.05, 0) is 34.5 Å². The van der Waals surface area contributed by atoms with E-state index in [2.05, 4.69) is 0 Å². The first-order valence-corrected chi connectivity index (χ1v) is 5.60. The van der Waals surface area contributed by atoms with Crippen LogP contribution in [0.3, 0.4) is 0 Å². The van der Waals surface area contributed by atoms with Gasteiger partial charge in [0.05, 0.1) is 20.3 Å². The summed E-state index contributed by atoms with van der Waals surface area (Å²) in [6.07, 6.45) is 0. The number of ether oxygens (including phenoxy) is 2. The predicted molar refractivity (Wildman–Crippen MR) is 65.2 cm³/mol. The highest BCUT2D eigenvalue weighted by Gasteiger charge is 2.37. The lowest BCUT2D eigenvalue weighted by atomic mass is 9.90. The van der Waals surface area contributed by atoms with Crippen molar-refractivity contribution in [3.8, 4) is 5.75 Å². The Hall–Kier alpha value is -1.58. The maximum atomic E-state index is 10.2. The van der Waals surface area contributed by atoms with E-state index in [0.717, 1.165) is 22.1 Å². The second-order valence-corrected chi connectivity index (χ2v) is 4.45. The third kappa shape index (κ3) is 1.68. The van der Waals surface area contributed by atoms with Crippen molar-refractivity contribution in [2.75, 3.05) is 20.3 Å². The summed E-state index contributed by atoms with van der Waals surface area (Å²) in [6.45, 7) is 0.755. The van der Waals surface area contributed by atoms with E-state index in [1.165, 1.54) is 0 Å². The van der Waals surface area contributed by atoms with Crippen molar-refractivity contribution in [3.05, 3.63) is 42.0 Å². The van der Waals surface area contributed by atoms with E-state index in [1.807, 2.05) is 36.4 Å². The molecule has 0 radical (unpaired) electrons. The summed E-state index contributed by atoms with van der Waals surface area (Å²) in [5.74, 6) is 0.825. The van der Waals surface area contributed by atoms with Crippen LogP contribution in [-0.2, 0) is 10.3 Å². The summed E-state index contributed by atoms with van der Waals surface area (Å²) < 4.78 is 10.3. The highest BCUT2D eigenvalue weighted by Crippen LogP contribution is 2.32. The first kappa shape index (κ1) is 10.6. The van der Waals surface area contributed by atoms with Crippen molar-refractivity contribution in [2.45, 2.75) is 5.60 Å². The Kier molecular flexibility index (Phi) is 2.31. The zero-order valence-corrected chi connectivity index (χ0v) is 9.64. The lowest BCUT2D eigenvalue weighted by molar-refractivity contribution is -0.184. The third-order valence-corrected chi connectivity index (χ3v) is 3.27. The van der Waals surface area contributed by atoms with Crippen LogP contribution in [0.1, 0.15) is 5.56 Å². The van der Waals surface area contributed by atoms with Crippen molar-refractivity contribution in [2.24, 2.45) is 0 Å². The minimum atomic E-state index is -0.808. The fraction of sp³-hybridized carbons (Fsp3) is 0.286. The molecule has 88 valence electrons. The molecule has 2 aromatic rings. The van der Waals surface area contributed by atoms with Gasteiger partial charge in [-0.15, -0.1) is 0 Å². The average Bonchev–Trinajstić information content (AvgIpc) is 2.34. The molecule has 1 aliphatic heterocycles. The van der Waals surface area contributed by atoms with Crippen LogP contribution in [0, 0.1) is 0 Å². The Morgan fingerprint density at radius 1 is 1.12 bits per heavy atom. The summed E-state index contributed by atoms with van der Waals surface area (Å²) in [7, 11) is 1.65. The first-order valence-electron chi connectivity index (χ1n) is 5.60. The van der Waals surface area contributed by atoms with Gasteiger partial charge in [0.15, 0.2) is 0 Å². The Balaban J connectivity index is 2.10. The molecule has 1 heterocycles. The molecule has 1 fully saturated rings. The minimum absolute atomic E-state index is 0.377. The Morgan fingerprint density at radius 3 is 2.53 bits per heavy atom. The van der Waals surface area contributed by atoms with E-state index in [0.29, 0.717) is 13.2 Å². The number of fused-ring (bicyclic) bond motifs is 1. The van der Waals surface area contributed by atoms with E-state index >= 15 is 0 Å². The number of methoxy groups -OCH3 is 1. The van der Waals surface area contributed by atoms with Crippen molar-refractivity contribution in [1.29, 1.82) is 0 Å². The van der Waals surface area contributed by atoms with Crippen LogP contribution in [0.15, 0.2) is 36.4 Å². The Labute approximate surface area is 99.6 Å². The molecule has 1 aliphatic rings. The quantitative estimate of drug-likeness (QED) is 0.858. The molecular weight excluding hydrogens is 216 g/mol. The molecule has 1 N–H and O–H groups in total. The number of hydrogen-bond acceptors (Lipinski definition) is 3. The third-order valence-electron chi connectivity index (χ3n) is 3.27. The Bertz CT molecular complexity index is 558. The zero-order chi connectivity index (χ0) is 11.9. The van der Waals surface area contributed by atoms with Gasteiger partial charge in [0, 0.05) is 0 Å². The zero-order valence-electron chi connectivity index (χ0n) is 9.64. The van der Waals surface area contributed by atoms with E-state index in [-0.39, 0.29) is 0 Å². The van der Waals surface area contributed by atoms with Crippen molar-refractivity contribution >= 4 is 10.8 Å². The standard InChI is InChI=1S/C14H14O3/c1-16-13-5-3-10-2-4-12(6-11(10)7-13)14(15)8-17-9-14/h2-7,15H,8-9H2,1H3. The molecule has 0 atom stereocenters. The van der Waals surface area contributed by atoms with Gasteiger partial charge in [-0.25, -0.2) is 0 Å². The predicted octanol–water partition coefficient (Wildman–Crippen LogP) is 2.07. The molecule has 17 heavy (non-hydrogen) atoms. The summed E-state index contributed by atoms with van der Waals surface area (Å²) in [4.78, 5) is 0. The molecular formula is C14H14O3. The van der Waals surface area contributed by atoms with Crippen LogP contribution in [0.25, 0.3) is 10.8 Å². The second kappa shape index (κ2) is 3.72. The molecule has 2 aromatic carbocycles. The lowest BCUT2D eigenvalue weighted by Gasteiger charge is -2.36. The maximum Gasteiger partial charge on any atom is 0.136 e. The second-order valence-electron chi connectivity index (χ2n) is 4.45. The SMILES string of the molecule is COc1ccc2ccc(C3(O)COC3)cc2c1. The van der Waals surface area contributed by atoms with Crippen LogP contribution < -0.4 is 4.74 Å². The molecule has 3 nitrogen and oxygen atoms in total. The topological polar surface area (TPSA) is 38.7 Å². The van der Waals surface area contributed by atoms with E-state index in [9.17, 15) is 5.11 Å². The minimum Gasteiger partial charge on any atom is -0.497 e. The molecule has 0 saturated carbocycles. The first-order chi connectivity index (χ1) is 8.21. The van der Waals surface area contributed by atoms with Gasteiger partial charge in [-0.2, -0.15) is 0 Å². The fourth-order valence-corrected chi connectivity index (χ4v) is 2.10. The van der Waals surface area contributed by atoms with E-state index in [1.54, 1.807) is 7.11 Å². The van der Waals surface area contributed by atoms with Gasteiger partial charge in [-0.1, -0.05) is 18.2 Å². The lowest BCUT2D eigenvalue weighted by Crippen LogP contribution is -2.46. The molecule has 3 rings (SSSR count). The van der Waals surface area contributed by atoms with Crippen LogP contribution in [0.2, 0.25) is 0 Å². The van der Waals surface area contributed by atoms with Crippen molar-refractivity contribution in [3.63, 3.8) is 0 Å². The number of hydrogen-bond donors (Lipinski definition) is 1. The fourth-order valence-electron chi connectivity index (χ4n) is 2.10. The summed E-state index contributed by atoms with van der Waals surface area (Å²) in [6, 6.07) is 11.9. The summed E-state index contributed by atoms with van der Waals surface area (Å²) >= 11 is 0. The van der Waals surface area contributed by atoms with Crippen LogP contribution >= 0.6 is 0 Å². The monoisotopic (exact) mass is 230 g/mol. The molecule has 0 aliphatic carbocycles. The smallest absolute Gasteiger partial charge is 0.136 e. The van der Waals surface area contributed by atoms with E-state index in [4.69, 9.17) is 9.47 Å². The number of benzene rings is 2. The van der Waals surface area contributed by atoms with E-state index < -0.39 is 5.60 Å². The van der Waals surface area contributed by atoms with Crippen molar-refractivity contribution in [1.82, 2.24) is 0 Å². The van der Waals surface area contributed by atoms with Gasteiger partial charge >= 0.3 is 0 Å². The largest absolute Gasteiger partial charge is 0.497 e. The van der Waals surface area contributed by atoms with Gasteiger partial charge in [-0.3, -0.25) is 0 Å². The molecule has 1 saturated heterocycles. The van der Waals surface area contributed by atoms with Crippen LogP contribution in [-0.4, -0.2) is 25.4 Å². The van der Waals surface area contributed by atoms with Crippen LogP contribution in [0.5, 0.6) is 5.75 Å². The molecule has 0 aromatic heterocycles. The number of rotatable bonds is 2. The number of aliphatic hydroxyl groups is 1. The average molecular weight is 230 g/mol. The van der Waals surface area contributed by atoms with Gasteiger partial charge in [0.1, 0.15) is 11.4 Å². The molecule has 0 amide bonds. The molecule has 0 bridgehead atoms. The van der Waals surface area contributed by atoms with Crippen LogP contribution in [0.4, 0.5) is 0 Å². The summed E-state index contributed by atoms with van der Waals surface area (Å²) in [5.41, 5.74) is 0.0987. The van der Waals surface area contributed by atoms with Gasteiger partial charge < -0.3 is 14.6 Å². The normalized spacial score (nSPS) is 17.8. The molecule has 0 unspecified atom stereocenters. The van der Waals surface area contributed by atoms with Gasteiger partial charge in [0.25, 0.3) is 0 Å².